The lowest BCUT2D eigenvalue weighted by atomic mass is 10.1. The number of carbonyl (C=O) groups is 1. The maximum absolute atomic E-state index is 11.0. The largest absolute Gasteiger partial charge is 0.375 e. The highest BCUT2D eigenvalue weighted by molar-refractivity contribution is 7.81. The quantitative estimate of drug-likeness (QED) is 0.651. The lowest BCUT2D eigenvalue weighted by Crippen LogP contribution is -2.43. The van der Waals surface area contributed by atoms with E-state index in [-0.39, 0.29) is 23.8 Å². The first-order chi connectivity index (χ1) is 6.27. The third kappa shape index (κ3) is 2.90. The molecule has 0 radical (unpaired) electrons. The smallest absolute Gasteiger partial charge is 0.230 e. The molecule has 72 valence electrons. The fraction of sp³-hybridized carbons (Fsp3) is 0.444. The van der Waals surface area contributed by atoms with Crippen LogP contribution in [0.3, 0.4) is 0 Å². The molecule has 0 fully saturated rings. The maximum atomic E-state index is 11.0. The van der Waals surface area contributed by atoms with Crippen molar-refractivity contribution in [2.24, 2.45) is 0 Å². The van der Waals surface area contributed by atoms with Crippen molar-refractivity contribution in [2.45, 2.75) is 12.1 Å². The van der Waals surface area contributed by atoms with Crippen molar-refractivity contribution in [3.63, 3.8) is 0 Å². The monoisotopic (exact) mass is 199 g/mol. The molecule has 0 aromatic heterocycles. The van der Waals surface area contributed by atoms with Crippen LogP contribution in [0.5, 0.6) is 0 Å². The molecule has 0 heterocycles. The number of amides is 1. The molecule has 0 spiro atoms. The summed E-state index contributed by atoms with van der Waals surface area (Å²) < 4.78 is 5.17. The van der Waals surface area contributed by atoms with Crippen LogP contribution in [0, 0.1) is 0 Å². The van der Waals surface area contributed by atoms with Crippen molar-refractivity contribution in [1.29, 1.82) is 0 Å². The van der Waals surface area contributed by atoms with E-state index in [4.69, 9.17) is 4.74 Å². The molecule has 0 aromatic rings. The molecule has 1 amide bonds. The third-order valence-corrected chi connectivity index (χ3v) is 2.11. The van der Waals surface area contributed by atoms with Gasteiger partial charge in [-0.1, -0.05) is 24.3 Å². The topological polar surface area (TPSA) is 38.3 Å². The van der Waals surface area contributed by atoms with Gasteiger partial charge >= 0.3 is 0 Å². The summed E-state index contributed by atoms with van der Waals surface area (Å²) in [6.45, 7) is 0. The average molecular weight is 199 g/mol. The molecular formula is C9H13NO2S. The van der Waals surface area contributed by atoms with Crippen LogP contribution in [0.2, 0.25) is 0 Å². The number of methoxy groups -OCH3 is 1. The second-order valence-electron chi connectivity index (χ2n) is 2.72. The zero-order valence-electron chi connectivity index (χ0n) is 7.43. The number of ether oxygens (including phenoxy) is 1. The molecule has 3 nitrogen and oxygen atoms in total. The van der Waals surface area contributed by atoms with E-state index >= 15 is 0 Å². The second-order valence-corrected chi connectivity index (χ2v) is 3.04. The third-order valence-electron chi connectivity index (χ3n) is 1.83. The Bertz CT molecular complexity index is 238. The normalized spacial score (nSPS) is 26.0. The lowest BCUT2D eigenvalue weighted by molar-refractivity contribution is -0.119. The minimum atomic E-state index is -0.0877. The maximum Gasteiger partial charge on any atom is 0.230 e. The van der Waals surface area contributed by atoms with Gasteiger partial charge in [-0.05, 0) is 0 Å². The van der Waals surface area contributed by atoms with Crippen molar-refractivity contribution in [3.05, 3.63) is 24.3 Å². The molecule has 13 heavy (non-hydrogen) atoms. The SMILES string of the molecule is COC1C=CC=CC1NC(=O)CS. The molecule has 0 aliphatic heterocycles. The Balaban J connectivity index is 2.52. The Hall–Kier alpha value is -0.740. The number of hydrogen-bond acceptors (Lipinski definition) is 3. The van der Waals surface area contributed by atoms with Crippen LogP contribution in [-0.4, -0.2) is 30.9 Å². The molecule has 4 heteroatoms. The highest BCUT2D eigenvalue weighted by atomic mass is 32.1. The van der Waals surface area contributed by atoms with Gasteiger partial charge in [0.25, 0.3) is 0 Å². The van der Waals surface area contributed by atoms with Gasteiger partial charge < -0.3 is 10.1 Å². The summed E-state index contributed by atoms with van der Waals surface area (Å²) in [5.41, 5.74) is 0. The van der Waals surface area contributed by atoms with Crippen LogP contribution in [0.4, 0.5) is 0 Å². The van der Waals surface area contributed by atoms with Crippen molar-refractivity contribution in [3.8, 4) is 0 Å². The van der Waals surface area contributed by atoms with Gasteiger partial charge in [-0.25, -0.2) is 0 Å². The zero-order valence-corrected chi connectivity index (χ0v) is 8.33. The van der Waals surface area contributed by atoms with Crippen LogP contribution in [0.25, 0.3) is 0 Å². The van der Waals surface area contributed by atoms with Crippen LogP contribution < -0.4 is 5.32 Å². The first-order valence-electron chi connectivity index (χ1n) is 4.06. The van der Waals surface area contributed by atoms with Gasteiger partial charge in [0, 0.05) is 7.11 Å². The standard InChI is InChI=1S/C9H13NO2S/c1-12-8-5-3-2-4-7(8)10-9(11)6-13/h2-5,7-8,13H,6H2,1H3,(H,10,11). The summed E-state index contributed by atoms with van der Waals surface area (Å²) in [6.07, 6.45) is 7.52. The first kappa shape index (κ1) is 10.3. The lowest BCUT2D eigenvalue weighted by Gasteiger charge is -2.23. The van der Waals surface area contributed by atoms with Crippen molar-refractivity contribution in [2.75, 3.05) is 12.9 Å². The molecule has 0 aromatic carbocycles. The van der Waals surface area contributed by atoms with Gasteiger partial charge in [0.2, 0.25) is 5.91 Å². The summed E-state index contributed by atoms with van der Waals surface area (Å²) in [5.74, 6) is 0.111. The van der Waals surface area contributed by atoms with E-state index in [2.05, 4.69) is 17.9 Å². The molecule has 2 atom stereocenters. The minimum absolute atomic E-state index is 0.0744. The number of rotatable bonds is 3. The van der Waals surface area contributed by atoms with Gasteiger partial charge in [0.05, 0.1) is 17.9 Å². The number of hydrogen-bond donors (Lipinski definition) is 2. The molecule has 1 rings (SSSR count). The number of allylic oxidation sites excluding steroid dienone is 2. The van der Waals surface area contributed by atoms with E-state index in [1.54, 1.807) is 7.11 Å². The number of thiol groups is 1. The summed E-state index contributed by atoms with van der Waals surface area (Å²) in [4.78, 5) is 11.0. The van der Waals surface area contributed by atoms with E-state index in [1.165, 1.54) is 0 Å². The second kappa shape index (κ2) is 5.09. The molecule has 1 aliphatic carbocycles. The fourth-order valence-corrected chi connectivity index (χ4v) is 1.26. The van der Waals surface area contributed by atoms with Gasteiger partial charge in [0.1, 0.15) is 0 Å². The highest BCUT2D eigenvalue weighted by Gasteiger charge is 2.18. The van der Waals surface area contributed by atoms with E-state index in [1.807, 2.05) is 24.3 Å². The number of nitrogens with one attached hydrogen (secondary N) is 1. The van der Waals surface area contributed by atoms with Gasteiger partial charge in [-0.3, -0.25) is 4.79 Å². The van der Waals surface area contributed by atoms with Gasteiger partial charge in [0.15, 0.2) is 0 Å². The highest BCUT2D eigenvalue weighted by Crippen LogP contribution is 2.07. The van der Waals surface area contributed by atoms with E-state index in [0.29, 0.717) is 0 Å². The zero-order chi connectivity index (χ0) is 9.68. The van der Waals surface area contributed by atoms with E-state index < -0.39 is 0 Å². The van der Waals surface area contributed by atoms with Crippen molar-refractivity contribution >= 4 is 18.5 Å². The van der Waals surface area contributed by atoms with Crippen LogP contribution >= 0.6 is 12.6 Å². The summed E-state index contributed by atoms with van der Waals surface area (Å²) >= 11 is 3.88. The Morgan fingerprint density at radius 1 is 1.54 bits per heavy atom. The summed E-state index contributed by atoms with van der Waals surface area (Å²) in [7, 11) is 1.62. The molecule has 0 bridgehead atoms. The van der Waals surface area contributed by atoms with Crippen LogP contribution in [0.1, 0.15) is 0 Å². The first-order valence-corrected chi connectivity index (χ1v) is 4.69. The molecule has 1 aliphatic rings. The van der Waals surface area contributed by atoms with Crippen LogP contribution in [-0.2, 0) is 9.53 Å². The van der Waals surface area contributed by atoms with Gasteiger partial charge in [-0.15, -0.1) is 0 Å². The summed E-state index contributed by atoms with van der Waals surface area (Å²) in [5, 5.41) is 2.79. The predicted molar refractivity (Wildman–Crippen MR) is 54.9 cm³/mol. The Morgan fingerprint density at radius 3 is 2.85 bits per heavy atom. The Morgan fingerprint density at radius 2 is 2.23 bits per heavy atom. The van der Waals surface area contributed by atoms with E-state index in [0.717, 1.165) is 0 Å². The van der Waals surface area contributed by atoms with Crippen LogP contribution in [0.15, 0.2) is 24.3 Å². The number of carbonyl (C=O) groups excluding carboxylic acids is 1. The van der Waals surface area contributed by atoms with Crippen molar-refractivity contribution < 1.29 is 9.53 Å². The van der Waals surface area contributed by atoms with Crippen molar-refractivity contribution in [1.82, 2.24) is 5.32 Å². The molecular weight excluding hydrogens is 186 g/mol. The molecule has 2 unspecified atom stereocenters. The van der Waals surface area contributed by atoms with E-state index in [9.17, 15) is 4.79 Å². The summed E-state index contributed by atoms with van der Waals surface area (Å²) in [6, 6.07) is -0.0744. The average Bonchev–Trinajstić information content (AvgIpc) is 2.18. The molecule has 0 saturated carbocycles. The predicted octanol–water partition coefficient (Wildman–Crippen LogP) is 0.542. The molecule has 1 N–H and O–H groups in total. The minimum Gasteiger partial charge on any atom is -0.375 e. The Kier molecular flexibility index (Phi) is 4.05. The fourth-order valence-electron chi connectivity index (χ4n) is 1.17. The van der Waals surface area contributed by atoms with Gasteiger partial charge in [-0.2, -0.15) is 12.6 Å². The molecule has 0 saturated heterocycles. The Labute approximate surface area is 83.3 Å².